The summed E-state index contributed by atoms with van der Waals surface area (Å²) in [6.45, 7) is 0. The number of anilines is 3. The molecule has 5 N–H and O–H groups in total. The van der Waals surface area contributed by atoms with Crippen LogP contribution in [0.3, 0.4) is 0 Å². The number of hydrogen-bond donors (Lipinski definition) is 3. The molecule has 0 fully saturated rings. The van der Waals surface area contributed by atoms with Gasteiger partial charge < -0.3 is 16.8 Å². The molecule has 0 saturated heterocycles. The average molecular weight is 172 g/mol. The lowest BCUT2D eigenvalue weighted by Crippen LogP contribution is -2.00. The fourth-order valence-corrected chi connectivity index (χ4v) is 1.17. The van der Waals surface area contributed by atoms with Gasteiger partial charge in [0.1, 0.15) is 0 Å². The zero-order valence-corrected chi connectivity index (χ0v) is 6.94. The zero-order valence-electron chi connectivity index (χ0n) is 6.19. The first-order chi connectivity index (χ1) is 5.15. The first-order valence-electron chi connectivity index (χ1n) is 3.17. The van der Waals surface area contributed by atoms with E-state index in [1.165, 1.54) is 0 Å². The van der Waals surface area contributed by atoms with Crippen LogP contribution in [0.4, 0.5) is 17.1 Å². The molecule has 0 heterocycles. The van der Waals surface area contributed by atoms with Crippen LogP contribution in [0.2, 0.25) is 5.02 Å². The van der Waals surface area contributed by atoms with Crippen molar-refractivity contribution in [3.8, 4) is 0 Å². The Bertz CT molecular complexity index is 249. The highest BCUT2D eigenvalue weighted by Gasteiger charge is 2.02. The molecule has 0 aliphatic heterocycles. The summed E-state index contributed by atoms with van der Waals surface area (Å²) < 4.78 is 0. The van der Waals surface area contributed by atoms with Gasteiger partial charge in [0.25, 0.3) is 0 Å². The van der Waals surface area contributed by atoms with Crippen molar-refractivity contribution < 1.29 is 0 Å². The summed E-state index contributed by atoms with van der Waals surface area (Å²) in [7, 11) is 1.76. The number of nitrogen functional groups attached to an aromatic ring is 2. The highest BCUT2D eigenvalue weighted by molar-refractivity contribution is 6.31. The number of benzene rings is 1. The van der Waals surface area contributed by atoms with Gasteiger partial charge in [-0.2, -0.15) is 0 Å². The quantitative estimate of drug-likeness (QED) is 0.562. The van der Waals surface area contributed by atoms with E-state index in [9.17, 15) is 0 Å². The van der Waals surface area contributed by atoms with E-state index in [-0.39, 0.29) is 0 Å². The SMILES string of the molecule is CNc1c(N)cc(Cl)cc1N. The standard InChI is InChI=1S/C7H10ClN3/c1-11-7-5(9)2-4(8)3-6(7)10/h2-3,11H,9-10H2,1H3. The predicted octanol–water partition coefficient (Wildman–Crippen LogP) is 1.55. The van der Waals surface area contributed by atoms with Crippen molar-refractivity contribution in [2.45, 2.75) is 0 Å². The van der Waals surface area contributed by atoms with Crippen LogP contribution in [0.1, 0.15) is 0 Å². The van der Waals surface area contributed by atoms with Crippen molar-refractivity contribution in [3.63, 3.8) is 0 Å². The Hall–Kier alpha value is -1.09. The topological polar surface area (TPSA) is 64.1 Å². The van der Waals surface area contributed by atoms with Gasteiger partial charge in [-0.05, 0) is 12.1 Å². The number of nitrogens with two attached hydrogens (primary N) is 2. The maximum absolute atomic E-state index is 5.69. The third-order valence-electron chi connectivity index (χ3n) is 1.41. The van der Waals surface area contributed by atoms with Crippen LogP contribution in [-0.2, 0) is 0 Å². The second kappa shape index (κ2) is 2.88. The van der Waals surface area contributed by atoms with Gasteiger partial charge in [-0.3, -0.25) is 0 Å². The van der Waals surface area contributed by atoms with E-state index in [1.807, 2.05) is 0 Å². The molecule has 3 nitrogen and oxygen atoms in total. The fraction of sp³-hybridized carbons (Fsp3) is 0.143. The Balaban J connectivity index is 3.25. The molecule has 1 rings (SSSR count). The molecule has 0 aliphatic rings. The molecule has 0 unspecified atom stereocenters. The summed E-state index contributed by atoms with van der Waals surface area (Å²) in [6, 6.07) is 3.31. The lowest BCUT2D eigenvalue weighted by molar-refractivity contribution is 1.51. The summed E-state index contributed by atoms with van der Waals surface area (Å²) in [5.41, 5.74) is 13.1. The van der Waals surface area contributed by atoms with E-state index < -0.39 is 0 Å². The van der Waals surface area contributed by atoms with Gasteiger partial charge in [-0.1, -0.05) is 11.6 Å². The molecule has 0 amide bonds. The number of rotatable bonds is 1. The van der Waals surface area contributed by atoms with Gasteiger partial charge in [0.2, 0.25) is 0 Å². The van der Waals surface area contributed by atoms with E-state index in [2.05, 4.69) is 5.32 Å². The lowest BCUT2D eigenvalue weighted by Gasteiger charge is -2.08. The van der Waals surface area contributed by atoms with Gasteiger partial charge in [0.15, 0.2) is 0 Å². The minimum Gasteiger partial charge on any atom is -0.397 e. The van der Waals surface area contributed by atoms with Crippen LogP contribution in [0.15, 0.2) is 12.1 Å². The maximum atomic E-state index is 5.69. The molecule has 11 heavy (non-hydrogen) atoms. The Labute approximate surface area is 70.3 Å². The summed E-state index contributed by atoms with van der Waals surface area (Å²) in [5.74, 6) is 0. The van der Waals surface area contributed by atoms with Crippen LogP contribution in [0.25, 0.3) is 0 Å². The van der Waals surface area contributed by atoms with Crippen LogP contribution >= 0.6 is 11.6 Å². The van der Waals surface area contributed by atoms with Crippen molar-refractivity contribution >= 4 is 28.7 Å². The van der Waals surface area contributed by atoms with Gasteiger partial charge >= 0.3 is 0 Å². The van der Waals surface area contributed by atoms with Crippen molar-refractivity contribution in [2.24, 2.45) is 0 Å². The van der Waals surface area contributed by atoms with E-state index in [1.54, 1.807) is 19.2 Å². The molecular formula is C7H10ClN3. The largest absolute Gasteiger partial charge is 0.397 e. The first kappa shape index (κ1) is 8.01. The van der Waals surface area contributed by atoms with Crippen LogP contribution < -0.4 is 16.8 Å². The zero-order chi connectivity index (χ0) is 8.43. The third-order valence-corrected chi connectivity index (χ3v) is 1.63. The molecule has 0 aliphatic carbocycles. The Kier molecular flexibility index (Phi) is 2.10. The molecule has 1 aromatic rings. The first-order valence-corrected chi connectivity index (χ1v) is 3.55. The maximum Gasteiger partial charge on any atom is 0.0805 e. The Morgan fingerprint density at radius 1 is 1.27 bits per heavy atom. The number of halogens is 1. The second-order valence-electron chi connectivity index (χ2n) is 2.21. The molecule has 0 radical (unpaired) electrons. The molecule has 0 bridgehead atoms. The molecule has 0 saturated carbocycles. The second-order valence-corrected chi connectivity index (χ2v) is 2.65. The van der Waals surface area contributed by atoms with Crippen LogP contribution in [0.5, 0.6) is 0 Å². The summed E-state index contributed by atoms with van der Waals surface area (Å²) in [6.07, 6.45) is 0. The van der Waals surface area contributed by atoms with E-state index in [0.29, 0.717) is 16.4 Å². The molecule has 0 spiro atoms. The molecule has 4 heteroatoms. The van der Waals surface area contributed by atoms with Gasteiger partial charge in [-0.25, -0.2) is 0 Å². The Morgan fingerprint density at radius 3 is 2.09 bits per heavy atom. The Morgan fingerprint density at radius 2 is 1.73 bits per heavy atom. The van der Waals surface area contributed by atoms with Crippen molar-refractivity contribution in [1.29, 1.82) is 0 Å². The normalized spacial score (nSPS) is 9.64. The number of hydrogen-bond acceptors (Lipinski definition) is 3. The van der Waals surface area contributed by atoms with E-state index in [0.717, 1.165) is 5.69 Å². The predicted molar refractivity (Wildman–Crippen MR) is 49.8 cm³/mol. The minimum absolute atomic E-state index is 0.555. The van der Waals surface area contributed by atoms with E-state index in [4.69, 9.17) is 23.1 Å². The fourth-order valence-electron chi connectivity index (χ4n) is 0.938. The molecule has 0 atom stereocenters. The third kappa shape index (κ3) is 1.49. The highest BCUT2D eigenvalue weighted by Crippen LogP contribution is 2.29. The van der Waals surface area contributed by atoms with Crippen molar-refractivity contribution in [1.82, 2.24) is 0 Å². The smallest absolute Gasteiger partial charge is 0.0805 e. The molecule has 1 aromatic carbocycles. The van der Waals surface area contributed by atoms with Gasteiger partial charge in [0, 0.05) is 12.1 Å². The lowest BCUT2D eigenvalue weighted by atomic mass is 10.2. The van der Waals surface area contributed by atoms with Crippen molar-refractivity contribution in [3.05, 3.63) is 17.2 Å². The number of nitrogens with one attached hydrogen (secondary N) is 1. The summed E-state index contributed by atoms with van der Waals surface area (Å²) >= 11 is 5.69. The monoisotopic (exact) mass is 171 g/mol. The molecule has 60 valence electrons. The van der Waals surface area contributed by atoms with Gasteiger partial charge in [-0.15, -0.1) is 0 Å². The molecule has 0 aromatic heterocycles. The highest BCUT2D eigenvalue weighted by atomic mass is 35.5. The van der Waals surface area contributed by atoms with Crippen LogP contribution in [0, 0.1) is 0 Å². The summed E-state index contributed by atoms with van der Waals surface area (Å²) in [4.78, 5) is 0. The van der Waals surface area contributed by atoms with Crippen molar-refractivity contribution in [2.75, 3.05) is 23.8 Å². The average Bonchev–Trinajstić information content (AvgIpc) is 1.85. The minimum atomic E-state index is 0.555. The van der Waals surface area contributed by atoms with Gasteiger partial charge in [0.05, 0.1) is 17.1 Å². The molecular weight excluding hydrogens is 162 g/mol. The van der Waals surface area contributed by atoms with E-state index >= 15 is 0 Å². The van der Waals surface area contributed by atoms with Crippen LogP contribution in [-0.4, -0.2) is 7.05 Å². The summed E-state index contributed by atoms with van der Waals surface area (Å²) in [5, 5.41) is 3.44.